The molecule has 17 heavy (non-hydrogen) atoms. The summed E-state index contributed by atoms with van der Waals surface area (Å²) in [7, 11) is 0. The fourth-order valence-electron chi connectivity index (χ4n) is 2.86. The van der Waals surface area contributed by atoms with Crippen LogP contribution in [-0.4, -0.2) is 42.1 Å². The molecule has 0 saturated carbocycles. The predicted octanol–water partition coefficient (Wildman–Crippen LogP) is 1.28. The van der Waals surface area contributed by atoms with Crippen LogP contribution in [0.2, 0.25) is 0 Å². The Bertz CT molecular complexity index is 437. The van der Waals surface area contributed by atoms with Crippen LogP contribution in [-0.2, 0) is 0 Å². The molecule has 2 aliphatic heterocycles. The third kappa shape index (κ3) is 1.83. The maximum atomic E-state index is 12.2. The highest BCUT2D eigenvalue weighted by atomic mass is 32.1. The van der Waals surface area contributed by atoms with Crippen molar-refractivity contribution < 1.29 is 9.90 Å². The van der Waals surface area contributed by atoms with Gasteiger partial charge in [-0.15, -0.1) is 11.3 Å². The Balaban J connectivity index is 1.75. The zero-order chi connectivity index (χ0) is 11.9. The summed E-state index contributed by atoms with van der Waals surface area (Å²) >= 11 is 1.32. The highest BCUT2D eigenvalue weighted by Gasteiger charge is 2.42. The minimum atomic E-state index is -0.0127. The lowest BCUT2D eigenvalue weighted by molar-refractivity contribution is 0.0778. The topological polar surface area (TPSA) is 52.6 Å². The average molecular weight is 252 g/mol. The molecule has 2 N–H and O–H groups in total. The van der Waals surface area contributed by atoms with Crippen molar-refractivity contribution in [3.05, 3.63) is 16.3 Å². The zero-order valence-electron chi connectivity index (χ0n) is 9.61. The number of thiophene rings is 1. The lowest BCUT2D eigenvalue weighted by Crippen LogP contribution is -2.32. The van der Waals surface area contributed by atoms with E-state index in [9.17, 15) is 9.90 Å². The molecule has 3 heterocycles. The first-order valence-corrected chi connectivity index (χ1v) is 6.85. The molecule has 0 radical (unpaired) electrons. The molecule has 2 fully saturated rings. The van der Waals surface area contributed by atoms with Gasteiger partial charge in [-0.25, -0.2) is 0 Å². The largest absolute Gasteiger partial charge is 0.506 e. The molecule has 1 aromatic heterocycles. The van der Waals surface area contributed by atoms with Gasteiger partial charge in [-0.3, -0.25) is 4.79 Å². The van der Waals surface area contributed by atoms with E-state index in [0.717, 1.165) is 39.0 Å². The van der Waals surface area contributed by atoms with Crippen LogP contribution in [0.4, 0.5) is 0 Å². The predicted molar refractivity (Wildman–Crippen MR) is 66.4 cm³/mol. The van der Waals surface area contributed by atoms with Crippen molar-refractivity contribution in [2.75, 3.05) is 26.2 Å². The molecule has 1 unspecified atom stereocenters. The summed E-state index contributed by atoms with van der Waals surface area (Å²) in [5, 5.41) is 14.7. The summed E-state index contributed by atoms with van der Waals surface area (Å²) in [6, 6.07) is 1.58. The van der Waals surface area contributed by atoms with Gasteiger partial charge in [0.1, 0.15) is 10.6 Å². The van der Waals surface area contributed by atoms with Crippen LogP contribution in [0.15, 0.2) is 11.4 Å². The Hall–Kier alpha value is -1.07. The minimum Gasteiger partial charge on any atom is -0.506 e. The summed E-state index contributed by atoms with van der Waals surface area (Å²) in [6.07, 6.45) is 2.24. The van der Waals surface area contributed by atoms with E-state index in [2.05, 4.69) is 5.32 Å². The van der Waals surface area contributed by atoms with E-state index >= 15 is 0 Å². The van der Waals surface area contributed by atoms with Crippen molar-refractivity contribution in [1.29, 1.82) is 0 Å². The molecule has 1 amide bonds. The number of hydrogen-bond donors (Lipinski definition) is 2. The van der Waals surface area contributed by atoms with Crippen molar-refractivity contribution >= 4 is 17.2 Å². The highest BCUT2D eigenvalue weighted by Crippen LogP contribution is 2.37. The molecule has 3 rings (SSSR count). The van der Waals surface area contributed by atoms with Crippen LogP contribution in [0, 0.1) is 5.41 Å². The molecule has 4 nitrogen and oxygen atoms in total. The first kappa shape index (κ1) is 11.0. The fourth-order valence-corrected chi connectivity index (χ4v) is 3.61. The second kappa shape index (κ2) is 3.99. The van der Waals surface area contributed by atoms with Crippen molar-refractivity contribution in [3.8, 4) is 5.75 Å². The molecular weight excluding hydrogens is 236 g/mol. The molecule has 1 aromatic rings. The van der Waals surface area contributed by atoms with Gasteiger partial charge < -0.3 is 15.3 Å². The minimum absolute atomic E-state index is 0.0127. The van der Waals surface area contributed by atoms with Crippen molar-refractivity contribution in [3.63, 3.8) is 0 Å². The van der Waals surface area contributed by atoms with Crippen molar-refractivity contribution in [1.82, 2.24) is 10.2 Å². The highest BCUT2D eigenvalue weighted by molar-refractivity contribution is 7.12. The van der Waals surface area contributed by atoms with Gasteiger partial charge in [0.25, 0.3) is 5.91 Å². The van der Waals surface area contributed by atoms with E-state index in [1.54, 1.807) is 11.4 Å². The van der Waals surface area contributed by atoms with Gasteiger partial charge in [-0.2, -0.15) is 0 Å². The Morgan fingerprint density at radius 3 is 3.06 bits per heavy atom. The van der Waals surface area contributed by atoms with Gasteiger partial charge in [0, 0.05) is 25.0 Å². The third-order valence-electron chi connectivity index (χ3n) is 3.90. The molecule has 0 aliphatic carbocycles. The number of nitrogens with one attached hydrogen (secondary N) is 1. The Kier molecular flexibility index (Phi) is 2.60. The van der Waals surface area contributed by atoms with Gasteiger partial charge in [0.05, 0.1) is 0 Å². The van der Waals surface area contributed by atoms with E-state index in [1.165, 1.54) is 11.3 Å². The molecule has 0 bridgehead atoms. The van der Waals surface area contributed by atoms with Crippen LogP contribution in [0.1, 0.15) is 22.5 Å². The molecular formula is C12H16N2O2S. The third-order valence-corrected chi connectivity index (χ3v) is 4.79. The van der Waals surface area contributed by atoms with Gasteiger partial charge >= 0.3 is 0 Å². The SMILES string of the molecule is O=C(c1sccc1O)N1CCC2(CCNC2)C1. The number of nitrogens with zero attached hydrogens (tertiary/aromatic N) is 1. The van der Waals surface area contributed by atoms with Gasteiger partial charge in [0.15, 0.2) is 0 Å². The first-order chi connectivity index (χ1) is 8.20. The number of likely N-dealkylation sites (tertiary alicyclic amines) is 1. The fraction of sp³-hybridized carbons (Fsp3) is 0.583. The van der Waals surface area contributed by atoms with Crippen LogP contribution in [0.5, 0.6) is 5.75 Å². The quantitative estimate of drug-likeness (QED) is 0.791. The monoisotopic (exact) mass is 252 g/mol. The van der Waals surface area contributed by atoms with E-state index in [4.69, 9.17) is 0 Å². The standard InChI is InChI=1S/C12H16N2O2S/c15-9-1-6-17-10(9)11(16)14-5-3-12(8-14)2-4-13-7-12/h1,6,13,15H,2-5,7-8H2. The number of amides is 1. The molecule has 5 heteroatoms. The van der Waals surface area contributed by atoms with Crippen LogP contribution in [0.25, 0.3) is 0 Å². The van der Waals surface area contributed by atoms with Crippen LogP contribution >= 0.6 is 11.3 Å². The summed E-state index contributed by atoms with van der Waals surface area (Å²) in [6.45, 7) is 3.73. The second-order valence-corrected chi connectivity index (χ2v) is 5.95. The van der Waals surface area contributed by atoms with Gasteiger partial charge in [-0.05, 0) is 30.8 Å². The van der Waals surface area contributed by atoms with Gasteiger partial charge in [0.2, 0.25) is 0 Å². The summed E-state index contributed by atoms with van der Waals surface area (Å²) in [4.78, 5) is 14.6. The van der Waals surface area contributed by atoms with Crippen LogP contribution in [0.3, 0.4) is 0 Å². The molecule has 2 aliphatic rings. The second-order valence-electron chi connectivity index (χ2n) is 5.04. The number of hydrogen-bond acceptors (Lipinski definition) is 4. The summed E-state index contributed by atoms with van der Waals surface area (Å²) in [5.74, 6) is 0.103. The lowest BCUT2D eigenvalue weighted by Gasteiger charge is -2.22. The van der Waals surface area contributed by atoms with Gasteiger partial charge in [-0.1, -0.05) is 0 Å². The molecule has 92 valence electrons. The van der Waals surface area contributed by atoms with Crippen molar-refractivity contribution in [2.24, 2.45) is 5.41 Å². The van der Waals surface area contributed by atoms with Crippen LogP contribution < -0.4 is 5.32 Å². The molecule has 2 saturated heterocycles. The smallest absolute Gasteiger partial charge is 0.267 e. The number of rotatable bonds is 1. The summed E-state index contributed by atoms with van der Waals surface area (Å²) < 4.78 is 0. The first-order valence-electron chi connectivity index (χ1n) is 5.97. The van der Waals surface area contributed by atoms with E-state index < -0.39 is 0 Å². The molecule has 1 spiro atoms. The Morgan fingerprint density at radius 2 is 2.41 bits per heavy atom. The van der Waals surface area contributed by atoms with E-state index in [0.29, 0.717) is 10.3 Å². The molecule has 0 aromatic carbocycles. The Labute approximate surface area is 104 Å². The lowest BCUT2D eigenvalue weighted by atomic mass is 9.87. The van der Waals surface area contributed by atoms with E-state index in [-0.39, 0.29) is 11.7 Å². The van der Waals surface area contributed by atoms with Crippen molar-refractivity contribution in [2.45, 2.75) is 12.8 Å². The maximum absolute atomic E-state index is 12.2. The molecule has 1 atom stereocenters. The maximum Gasteiger partial charge on any atom is 0.267 e. The number of carbonyl (C=O) groups is 1. The van der Waals surface area contributed by atoms with E-state index in [1.807, 2.05) is 4.90 Å². The Morgan fingerprint density at radius 1 is 1.53 bits per heavy atom. The average Bonchev–Trinajstić information content (AvgIpc) is 3.02. The number of carbonyl (C=O) groups excluding carboxylic acids is 1. The normalized spacial score (nSPS) is 28.1. The number of aromatic hydroxyl groups is 1. The zero-order valence-corrected chi connectivity index (χ0v) is 10.4. The summed E-state index contributed by atoms with van der Waals surface area (Å²) in [5.41, 5.74) is 0.294.